The number of amides is 1. The molecule has 0 radical (unpaired) electrons. The van der Waals surface area contributed by atoms with Crippen molar-refractivity contribution in [2.45, 2.75) is 46.6 Å². The van der Waals surface area contributed by atoms with Crippen LogP contribution in [0.4, 0.5) is 4.79 Å². The molecule has 2 aromatic rings. The molecule has 1 amide bonds. The maximum Gasteiger partial charge on any atom is 0.409 e. The number of carbonyl (C=O) groups is 2. The van der Waals surface area contributed by atoms with E-state index in [2.05, 4.69) is 37.8 Å². The summed E-state index contributed by atoms with van der Waals surface area (Å²) in [6.45, 7) is 13.2. The maximum atomic E-state index is 13.2. The van der Waals surface area contributed by atoms with E-state index >= 15 is 0 Å². The van der Waals surface area contributed by atoms with Crippen LogP contribution >= 0.6 is 0 Å². The van der Waals surface area contributed by atoms with Gasteiger partial charge in [-0.2, -0.15) is 0 Å². The molecule has 0 atom stereocenters. The minimum atomic E-state index is -0.300. The van der Waals surface area contributed by atoms with E-state index in [1.165, 1.54) is 5.56 Å². The van der Waals surface area contributed by atoms with Gasteiger partial charge in [0.25, 0.3) is 0 Å². The number of benzene rings is 2. The summed E-state index contributed by atoms with van der Waals surface area (Å²) < 4.78 is 11.2. The second-order valence-corrected chi connectivity index (χ2v) is 10.2. The highest BCUT2D eigenvalue weighted by molar-refractivity contribution is 6.15. The zero-order valence-corrected chi connectivity index (χ0v) is 21.2. The van der Waals surface area contributed by atoms with Crippen molar-refractivity contribution in [2.75, 3.05) is 32.8 Å². The summed E-state index contributed by atoms with van der Waals surface area (Å²) in [5.74, 6) is 0.618. The molecular weight excluding hydrogens is 444 g/mol. The highest BCUT2D eigenvalue weighted by Gasteiger charge is 2.34. The van der Waals surface area contributed by atoms with Gasteiger partial charge in [-0.1, -0.05) is 45.0 Å². The Hall–Kier alpha value is -3.32. The van der Waals surface area contributed by atoms with Crippen molar-refractivity contribution in [3.05, 3.63) is 63.9 Å². The maximum absolute atomic E-state index is 13.2. The predicted octanol–water partition coefficient (Wildman–Crippen LogP) is 4.89. The third kappa shape index (κ3) is 5.20. The number of phenolic OH excluding ortho intramolecular Hbond substituents is 1. The fourth-order valence-corrected chi connectivity index (χ4v) is 4.49. The Balaban J connectivity index is 1.54. The summed E-state index contributed by atoms with van der Waals surface area (Å²) in [6, 6.07) is 9.74. The minimum Gasteiger partial charge on any atom is -0.507 e. The summed E-state index contributed by atoms with van der Waals surface area (Å²) in [5, 5.41) is 10.7. The van der Waals surface area contributed by atoms with Crippen LogP contribution in [0.3, 0.4) is 0 Å². The second-order valence-electron chi connectivity index (χ2n) is 10.2. The molecule has 7 heteroatoms. The Bertz CT molecular complexity index is 1150. The predicted molar refractivity (Wildman–Crippen MR) is 135 cm³/mol. The first-order valence-corrected chi connectivity index (χ1v) is 12.1. The Morgan fingerprint density at radius 2 is 1.80 bits per heavy atom. The topological polar surface area (TPSA) is 79.3 Å². The van der Waals surface area contributed by atoms with E-state index in [1.54, 1.807) is 24.0 Å². The molecule has 2 heterocycles. The number of piperazine rings is 1. The number of phenols is 1. The van der Waals surface area contributed by atoms with Crippen LogP contribution in [0.25, 0.3) is 6.08 Å². The molecule has 4 rings (SSSR count). The normalized spacial score (nSPS) is 17.5. The lowest BCUT2D eigenvalue weighted by molar-refractivity contribution is 0.0774. The third-order valence-corrected chi connectivity index (χ3v) is 6.58. The molecule has 2 aliphatic heterocycles. The van der Waals surface area contributed by atoms with Gasteiger partial charge in [0.1, 0.15) is 11.5 Å². The van der Waals surface area contributed by atoms with Crippen LogP contribution in [-0.4, -0.2) is 59.6 Å². The zero-order chi connectivity index (χ0) is 25.3. The number of nitrogens with zero attached hydrogens (tertiary/aromatic N) is 2. The molecule has 1 saturated heterocycles. The van der Waals surface area contributed by atoms with E-state index in [9.17, 15) is 14.7 Å². The molecule has 0 spiro atoms. The zero-order valence-electron chi connectivity index (χ0n) is 21.2. The number of rotatable bonds is 4. The Labute approximate surface area is 206 Å². The van der Waals surface area contributed by atoms with Gasteiger partial charge in [0.15, 0.2) is 5.76 Å². The molecular formula is C28H34N2O5. The van der Waals surface area contributed by atoms with Gasteiger partial charge in [-0.25, -0.2) is 4.79 Å². The van der Waals surface area contributed by atoms with Crippen molar-refractivity contribution in [1.82, 2.24) is 9.80 Å². The molecule has 7 nitrogen and oxygen atoms in total. The van der Waals surface area contributed by atoms with Gasteiger partial charge in [0.2, 0.25) is 5.78 Å². The number of hydrogen-bond donors (Lipinski definition) is 1. The first-order chi connectivity index (χ1) is 16.6. The van der Waals surface area contributed by atoms with E-state index < -0.39 is 0 Å². The number of ketones is 1. The number of Topliss-reactive ketones (excluding diaryl/α,β-unsaturated/α-hetero) is 1. The highest BCUT2D eigenvalue weighted by Crippen LogP contribution is 2.42. The first kappa shape index (κ1) is 24.8. The van der Waals surface area contributed by atoms with E-state index in [0.717, 1.165) is 5.56 Å². The quantitative estimate of drug-likeness (QED) is 0.631. The lowest BCUT2D eigenvalue weighted by Crippen LogP contribution is -2.48. The van der Waals surface area contributed by atoms with Crippen LogP contribution in [0, 0.1) is 6.92 Å². The monoisotopic (exact) mass is 478 g/mol. The number of aromatic hydroxyl groups is 1. The van der Waals surface area contributed by atoms with E-state index in [1.807, 2.05) is 19.1 Å². The molecule has 1 N–H and O–H groups in total. The summed E-state index contributed by atoms with van der Waals surface area (Å²) in [4.78, 5) is 29.0. The molecule has 0 bridgehead atoms. The molecule has 0 aliphatic carbocycles. The van der Waals surface area contributed by atoms with Crippen molar-refractivity contribution >= 4 is 18.0 Å². The number of carbonyl (C=O) groups excluding carboxylic acids is 2. The highest BCUT2D eigenvalue weighted by atomic mass is 16.6. The lowest BCUT2D eigenvalue weighted by Gasteiger charge is -2.34. The number of fused-ring (bicyclic) bond motifs is 1. The average Bonchev–Trinajstić information content (AvgIpc) is 3.13. The molecule has 0 unspecified atom stereocenters. The first-order valence-electron chi connectivity index (χ1n) is 12.1. The van der Waals surface area contributed by atoms with Crippen LogP contribution in [0.15, 0.2) is 36.1 Å². The van der Waals surface area contributed by atoms with Crippen molar-refractivity contribution in [3.8, 4) is 11.5 Å². The molecule has 186 valence electrons. The van der Waals surface area contributed by atoms with Crippen LogP contribution < -0.4 is 4.74 Å². The van der Waals surface area contributed by atoms with Crippen molar-refractivity contribution in [3.63, 3.8) is 0 Å². The van der Waals surface area contributed by atoms with Crippen LogP contribution in [0.1, 0.15) is 60.3 Å². The fourth-order valence-electron chi connectivity index (χ4n) is 4.49. The molecule has 2 aliphatic rings. The van der Waals surface area contributed by atoms with Gasteiger partial charge in [-0.15, -0.1) is 0 Å². The molecule has 2 aromatic carbocycles. The van der Waals surface area contributed by atoms with Gasteiger partial charge in [0, 0.05) is 32.7 Å². The molecule has 1 fully saturated rings. The van der Waals surface area contributed by atoms with Crippen molar-refractivity contribution in [1.29, 1.82) is 0 Å². The number of hydrogen-bond acceptors (Lipinski definition) is 6. The van der Waals surface area contributed by atoms with E-state index in [0.29, 0.717) is 61.8 Å². The van der Waals surface area contributed by atoms with Gasteiger partial charge in [0.05, 0.1) is 17.7 Å². The van der Waals surface area contributed by atoms with Gasteiger partial charge in [-0.3, -0.25) is 9.69 Å². The lowest BCUT2D eigenvalue weighted by atomic mass is 9.86. The largest absolute Gasteiger partial charge is 0.507 e. The van der Waals surface area contributed by atoms with Gasteiger partial charge < -0.3 is 19.5 Å². The van der Waals surface area contributed by atoms with Crippen molar-refractivity contribution < 1.29 is 24.2 Å². The standard InChI is InChI=1S/C28H34N2O5/c1-6-34-27(33)30-13-11-29(12-14-30)17-21-22(31)15-18(2)24-25(32)23(35-26(21)24)16-19-7-9-20(10-8-19)28(3,4)5/h7-10,15-16,31H,6,11-14,17H2,1-5H3/b23-16-. The van der Waals surface area contributed by atoms with Crippen LogP contribution in [-0.2, 0) is 16.7 Å². The Morgan fingerprint density at radius 3 is 2.40 bits per heavy atom. The third-order valence-electron chi connectivity index (χ3n) is 6.58. The average molecular weight is 479 g/mol. The summed E-state index contributed by atoms with van der Waals surface area (Å²) in [5.41, 5.74) is 3.92. The van der Waals surface area contributed by atoms with Gasteiger partial charge >= 0.3 is 6.09 Å². The van der Waals surface area contributed by atoms with Crippen molar-refractivity contribution in [2.24, 2.45) is 0 Å². The molecule has 35 heavy (non-hydrogen) atoms. The van der Waals surface area contributed by atoms with Crippen LogP contribution in [0.2, 0.25) is 0 Å². The Kier molecular flexibility index (Phi) is 6.90. The minimum absolute atomic E-state index is 0.0485. The summed E-state index contributed by atoms with van der Waals surface area (Å²) >= 11 is 0. The van der Waals surface area contributed by atoms with E-state index in [-0.39, 0.29) is 28.8 Å². The van der Waals surface area contributed by atoms with Gasteiger partial charge in [-0.05, 0) is 48.1 Å². The molecule has 0 aromatic heterocycles. The summed E-state index contributed by atoms with van der Waals surface area (Å²) in [7, 11) is 0. The van der Waals surface area contributed by atoms with E-state index in [4.69, 9.17) is 9.47 Å². The fraction of sp³-hybridized carbons (Fsp3) is 0.429. The summed E-state index contributed by atoms with van der Waals surface area (Å²) in [6.07, 6.45) is 1.46. The second kappa shape index (κ2) is 9.74. The van der Waals surface area contributed by atoms with Crippen LogP contribution in [0.5, 0.6) is 11.5 Å². The Morgan fingerprint density at radius 1 is 1.14 bits per heavy atom. The number of aryl methyl sites for hydroxylation is 1. The SMILES string of the molecule is CCOC(=O)N1CCN(Cc2c(O)cc(C)c3c2O/C(=C\c2ccc(C(C)(C)C)cc2)C3=O)CC1. The smallest absolute Gasteiger partial charge is 0.409 e. The molecule has 0 saturated carbocycles. The number of ether oxygens (including phenoxy) is 2. The number of allylic oxidation sites excluding steroid dienone is 1.